The van der Waals surface area contributed by atoms with Crippen LogP contribution in [0.25, 0.3) is 0 Å². The van der Waals surface area contributed by atoms with Crippen molar-refractivity contribution in [3.8, 4) is 0 Å². The fourth-order valence-electron chi connectivity index (χ4n) is 2.26. The van der Waals surface area contributed by atoms with E-state index in [2.05, 4.69) is 15.9 Å². The second-order valence-electron chi connectivity index (χ2n) is 4.55. The Morgan fingerprint density at radius 2 is 1.60 bits per heavy atom. The highest BCUT2D eigenvalue weighted by molar-refractivity contribution is 9.10. The van der Waals surface area contributed by atoms with E-state index >= 15 is 0 Å². The molecule has 0 bridgehead atoms. The van der Waals surface area contributed by atoms with E-state index in [0.29, 0.717) is 21.8 Å². The summed E-state index contributed by atoms with van der Waals surface area (Å²) in [6.45, 7) is 1.86. The van der Waals surface area contributed by atoms with E-state index in [4.69, 9.17) is 11.6 Å². The topological polar surface area (TPSA) is 37.4 Å². The Balaban J connectivity index is 2.14. The van der Waals surface area contributed by atoms with E-state index < -0.39 is 0 Å². The molecular weight excluding hydrogens is 342 g/mol. The van der Waals surface area contributed by atoms with E-state index in [9.17, 15) is 9.59 Å². The van der Waals surface area contributed by atoms with E-state index in [1.54, 1.807) is 36.4 Å². The van der Waals surface area contributed by atoms with Gasteiger partial charge >= 0.3 is 0 Å². The molecule has 3 rings (SSSR count). The van der Waals surface area contributed by atoms with Crippen molar-refractivity contribution < 1.29 is 9.59 Å². The van der Waals surface area contributed by atoms with Crippen LogP contribution in [-0.4, -0.2) is 11.8 Å². The molecule has 0 spiro atoms. The van der Waals surface area contributed by atoms with Crippen LogP contribution in [-0.2, 0) is 0 Å². The number of halogens is 2. The largest absolute Gasteiger partial charge is 0.268 e. The first-order valence-corrected chi connectivity index (χ1v) is 7.11. The maximum atomic E-state index is 12.4. The minimum atomic E-state index is -0.316. The van der Waals surface area contributed by atoms with Gasteiger partial charge in [0.15, 0.2) is 0 Å². The summed E-state index contributed by atoms with van der Waals surface area (Å²) >= 11 is 9.47. The second kappa shape index (κ2) is 4.72. The first kappa shape index (κ1) is 13.3. The summed E-state index contributed by atoms with van der Waals surface area (Å²) in [5.41, 5.74) is 2.20. The Hall–Kier alpha value is -1.65. The molecule has 100 valence electrons. The standard InChI is InChI=1S/C15H9BrClNO2/c1-8-6-9(7-12(17)13(8)16)18-14(19)10-4-2-3-5-11(10)15(18)20/h2-7H,1H3. The number of imide groups is 1. The highest BCUT2D eigenvalue weighted by Gasteiger charge is 2.36. The Morgan fingerprint density at radius 3 is 2.10 bits per heavy atom. The van der Waals surface area contributed by atoms with Gasteiger partial charge in [-0.1, -0.05) is 23.7 Å². The monoisotopic (exact) mass is 349 g/mol. The number of fused-ring (bicyclic) bond motifs is 1. The quantitative estimate of drug-likeness (QED) is 0.722. The smallest absolute Gasteiger partial charge is 0.266 e. The van der Waals surface area contributed by atoms with Crippen LogP contribution in [0.1, 0.15) is 26.3 Å². The van der Waals surface area contributed by atoms with Crippen molar-refractivity contribution in [1.82, 2.24) is 0 Å². The molecule has 2 aromatic carbocycles. The number of benzene rings is 2. The molecule has 5 heteroatoms. The maximum Gasteiger partial charge on any atom is 0.266 e. The minimum absolute atomic E-state index is 0.316. The molecule has 2 aromatic rings. The molecule has 0 N–H and O–H groups in total. The lowest BCUT2D eigenvalue weighted by Gasteiger charge is -2.16. The summed E-state index contributed by atoms with van der Waals surface area (Å²) in [6.07, 6.45) is 0. The number of hydrogen-bond donors (Lipinski definition) is 0. The van der Waals surface area contributed by atoms with Crippen LogP contribution in [0.2, 0.25) is 5.02 Å². The van der Waals surface area contributed by atoms with Crippen molar-refractivity contribution in [3.05, 3.63) is 62.6 Å². The fraction of sp³-hybridized carbons (Fsp3) is 0.0667. The minimum Gasteiger partial charge on any atom is -0.268 e. The van der Waals surface area contributed by atoms with Gasteiger partial charge in [0.1, 0.15) is 0 Å². The summed E-state index contributed by atoms with van der Waals surface area (Å²) in [4.78, 5) is 25.9. The number of hydrogen-bond acceptors (Lipinski definition) is 2. The van der Waals surface area contributed by atoms with Crippen molar-refractivity contribution in [2.75, 3.05) is 4.90 Å². The average Bonchev–Trinajstić information content (AvgIpc) is 2.68. The Morgan fingerprint density at radius 1 is 1.05 bits per heavy atom. The molecule has 0 radical (unpaired) electrons. The zero-order valence-electron chi connectivity index (χ0n) is 10.5. The molecule has 0 saturated carbocycles. The van der Waals surface area contributed by atoms with Gasteiger partial charge in [0.05, 0.1) is 21.8 Å². The van der Waals surface area contributed by atoms with Crippen LogP contribution in [0.5, 0.6) is 0 Å². The molecule has 1 aliphatic heterocycles. The first-order chi connectivity index (χ1) is 9.50. The zero-order valence-corrected chi connectivity index (χ0v) is 12.8. The van der Waals surface area contributed by atoms with Gasteiger partial charge < -0.3 is 0 Å². The predicted octanol–water partition coefficient (Wildman–Crippen LogP) is 4.21. The van der Waals surface area contributed by atoms with E-state index in [0.717, 1.165) is 14.9 Å². The molecule has 3 nitrogen and oxygen atoms in total. The third-order valence-corrected chi connectivity index (χ3v) is 4.83. The number of anilines is 1. The Kier molecular flexibility index (Phi) is 3.15. The van der Waals surface area contributed by atoms with Gasteiger partial charge in [0.25, 0.3) is 11.8 Å². The number of carbonyl (C=O) groups excluding carboxylic acids is 2. The lowest BCUT2D eigenvalue weighted by atomic mass is 10.1. The molecule has 0 aromatic heterocycles. The third-order valence-electron chi connectivity index (χ3n) is 3.25. The third kappa shape index (κ3) is 1.87. The van der Waals surface area contributed by atoms with Gasteiger partial charge in [-0.05, 0) is 52.7 Å². The number of amides is 2. The van der Waals surface area contributed by atoms with Crippen molar-refractivity contribution in [3.63, 3.8) is 0 Å². The SMILES string of the molecule is Cc1cc(N2C(=O)c3ccccc3C2=O)cc(Cl)c1Br. The molecule has 20 heavy (non-hydrogen) atoms. The molecule has 0 atom stereocenters. The van der Waals surface area contributed by atoms with Crippen LogP contribution in [0, 0.1) is 6.92 Å². The summed E-state index contributed by atoms with van der Waals surface area (Å²) in [6, 6.07) is 10.2. The fourth-order valence-corrected chi connectivity index (χ4v) is 2.75. The van der Waals surface area contributed by atoms with Crippen molar-refractivity contribution in [1.29, 1.82) is 0 Å². The highest BCUT2D eigenvalue weighted by Crippen LogP contribution is 2.34. The molecule has 0 saturated heterocycles. The van der Waals surface area contributed by atoms with Crippen molar-refractivity contribution in [2.24, 2.45) is 0 Å². The van der Waals surface area contributed by atoms with Crippen LogP contribution >= 0.6 is 27.5 Å². The molecular formula is C15H9BrClNO2. The lowest BCUT2D eigenvalue weighted by Crippen LogP contribution is -2.29. The van der Waals surface area contributed by atoms with Gasteiger partial charge in [0, 0.05) is 4.47 Å². The van der Waals surface area contributed by atoms with Gasteiger partial charge in [0.2, 0.25) is 0 Å². The Labute approximate surface area is 129 Å². The normalized spacial score (nSPS) is 13.8. The van der Waals surface area contributed by atoms with E-state index in [1.807, 2.05) is 6.92 Å². The Bertz CT molecular complexity index is 699. The van der Waals surface area contributed by atoms with Crippen LogP contribution < -0.4 is 4.90 Å². The van der Waals surface area contributed by atoms with Gasteiger partial charge in [-0.15, -0.1) is 0 Å². The zero-order chi connectivity index (χ0) is 14.4. The number of aryl methyl sites for hydroxylation is 1. The van der Waals surface area contributed by atoms with Gasteiger partial charge in [-0.3, -0.25) is 9.59 Å². The summed E-state index contributed by atoms with van der Waals surface area (Å²) < 4.78 is 0.763. The molecule has 0 unspecified atom stereocenters. The first-order valence-electron chi connectivity index (χ1n) is 5.94. The second-order valence-corrected chi connectivity index (χ2v) is 5.75. The summed E-state index contributed by atoms with van der Waals surface area (Å²) in [5.74, 6) is -0.633. The summed E-state index contributed by atoms with van der Waals surface area (Å²) in [5, 5.41) is 0.469. The number of nitrogens with zero attached hydrogens (tertiary/aromatic N) is 1. The van der Waals surface area contributed by atoms with Gasteiger partial charge in [-0.2, -0.15) is 0 Å². The van der Waals surface area contributed by atoms with Crippen LogP contribution in [0.3, 0.4) is 0 Å². The molecule has 0 fully saturated rings. The number of carbonyl (C=O) groups is 2. The van der Waals surface area contributed by atoms with Gasteiger partial charge in [-0.25, -0.2) is 4.90 Å². The van der Waals surface area contributed by atoms with E-state index in [-0.39, 0.29) is 11.8 Å². The van der Waals surface area contributed by atoms with Crippen LogP contribution in [0.4, 0.5) is 5.69 Å². The maximum absolute atomic E-state index is 12.4. The molecule has 2 amide bonds. The molecule has 1 aliphatic rings. The van der Waals surface area contributed by atoms with Crippen LogP contribution in [0.15, 0.2) is 40.9 Å². The average molecular weight is 351 g/mol. The highest BCUT2D eigenvalue weighted by atomic mass is 79.9. The summed E-state index contributed by atoms with van der Waals surface area (Å²) in [7, 11) is 0. The lowest BCUT2D eigenvalue weighted by molar-refractivity contribution is 0.0926. The predicted molar refractivity (Wildman–Crippen MR) is 81.5 cm³/mol. The molecule has 1 heterocycles. The van der Waals surface area contributed by atoms with E-state index in [1.165, 1.54) is 0 Å². The molecule has 0 aliphatic carbocycles. The van der Waals surface area contributed by atoms with Crippen molar-refractivity contribution in [2.45, 2.75) is 6.92 Å². The number of rotatable bonds is 1. The van der Waals surface area contributed by atoms with Crippen molar-refractivity contribution >= 4 is 45.0 Å².